The highest BCUT2D eigenvalue weighted by Crippen LogP contribution is 2.26. The molecule has 2 aliphatic rings. The largest absolute Gasteiger partial charge is 0.376 e. The van der Waals surface area contributed by atoms with Gasteiger partial charge in [-0.3, -0.25) is 14.4 Å². The van der Waals surface area contributed by atoms with Crippen LogP contribution >= 0.6 is 11.3 Å². The van der Waals surface area contributed by atoms with Crippen LogP contribution < -0.4 is 10.6 Å². The number of thiophene rings is 1. The molecule has 1 saturated heterocycles. The van der Waals surface area contributed by atoms with Gasteiger partial charge in [-0.25, -0.2) is 0 Å². The van der Waals surface area contributed by atoms with Gasteiger partial charge >= 0.3 is 0 Å². The maximum absolute atomic E-state index is 13.6. The Morgan fingerprint density at radius 1 is 1.00 bits per heavy atom. The highest BCUT2D eigenvalue weighted by Gasteiger charge is 2.35. The fourth-order valence-electron chi connectivity index (χ4n) is 4.75. The number of amides is 3. The SMILES string of the molecule is O=C(NCC(=O)N(C[C@@H]1CCCO1)[C@@H](C(=O)NC1CCCCC1)c1ccccc1)c1cccs1. The molecule has 8 heteroatoms. The van der Waals surface area contributed by atoms with Gasteiger partial charge in [0.2, 0.25) is 11.8 Å². The molecule has 0 radical (unpaired) electrons. The van der Waals surface area contributed by atoms with Crippen LogP contribution in [0.1, 0.15) is 66.2 Å². The van der Waals surface area contributed by atoms with Crippen molar-refractivity contribution in [2.75, 3.05) is 19.7 Å². The summed E-state index contributed by atoms with van der Waals surface area (Å²) < 4.78 is 5.82. The van der Waals surface area contributed by atoms with E-state index >= 15 is 0 Å². The molecule has 2 N–H and O–H groups in total. The van der Waals surface area contributed by atoms with Crippen LogP contribution in [0.2, 0.25) is 0 Å². The van der Waals surface area contributed by atoms with Crippen molar-refractivity contribution in [2.24, 2.45) is 0 Å². The lowest BCUT2D eigenvalue weighted by molar-refractivity contribution is -0.142. The topological polar surface area (TPSA) is 87.7 Å². The summed E-state index contributed by atoms with van der Waals surface area (Å²) in [6.07, 6.45) is 6.99. The Morgan fingerprint density at radius 3 is 2.47 bits per heavy atom. The third-order valence-corrected chi connectivity index (χ3v) is 7.39. The number of nitrogens with one attached hydrogen (secondary N) is 2. The first-order valence-electron chi connectivity index (χ1n) is 12.2. The third kappa shape index (κ3) is 6.45. The lowest BCUT2D eigenvalue weighted by atomic mass is 9.94. The molecule has 4 rings (SSSR count). The molecule has 2 heterocycles. The molecule has 2 fully saturated rings. The van der Waals surface area contributed by atoms with Gasteiger partial charge in [0.15, 0.2) is 0 Å². The summed E-state index contributed by atoms with van der Waals surface area (Å²) in [5.41, 5.74) is 0.756. The zero-order valence-electron chi connectivity index (χ0n) is 19.4. The van der Waals surface area contributed by atoms with Crippen LogP contribution in [0.15, 0.2) is 47.8 Å². The molecule has 182 valence electrons. The summed E-state index contributed by atoms with van der Waals surface area (Å²) in [4.78, 5) is 41.7. The van der Waals surface area contributed by atoms with Gasteiger partial charge in [-0.2, -0.15) is 0 Å². The van der Waals surface area contributed by atoms with Crippen molar-refractivity contribution in [1.29, 1.82) is 0 Å². The Balaban J connectivity index is 1.55. The van der Waals surface area contributed by atoms with E-state index in [0.717, 1.165) is 44.1 Å². The number of hydrogen-bond donors (Lipinski definition) is 2. The molecule has 1 saturated carbocycles. The second-order valence-electron chi connectivity index (χ2n) is 9.00. The Kier molecular flexibility index (Phi) is 8.71. The number of rotatable bonds is 9. The molecular formula is C26H33N3O4S. The van der Waals surface area contributed by atoms with Gasteiger partial charge in [-0.1, -0.05) is 55.7 Å². The van der Waals surface area contributed by atoms with E-state index in [4.69, 9.17) is 4.74 Å². The smallest absolute Gasteiger partial charge is 0.261 e. The molecule has 1 aliphatic heterocycles. The predicted molar refractivity (Wildman–Crippen MR) is 132 cm³/mol. The van der Waals surface area contributed by atoms with Gasteiger partial charge in [0.05, 0.1) is 17.5 Å². The summed E-state index contributed by atoms with van der Waals surface area (Å²) in [6.45, 7) is 0.793. The Labute approximate surface area is 204 Å². The van der Waals surface area contributed by atoms with Crippen LogP contribution in [0.5, 0.6) is 0 Å². The third-order valence-electron chi connectivity index (χ3n) is 6.52. The first-order chi connectivity index (χ1) is 16.6. The highest BCUT2D eigenvalue weighted by atomic mass is 32.1. The van der Waals surface area contributed by atoms with E-state index in [1.54, 1.807) is 17.0 Å². The quantitative estimate of drug-likeness (QED) is 0.570. The predicted octanol–water partition coefficient (Wildman–Crippen LogP) is 3.68. The van der Waals surface area contributed by atoms with E-state index in [1.807, 2.05) is 35.7 Å². The fourth-order valence-corrected chi connectivity index (χ4v) is 5.39. The van der Waals surface area contributed by atoms with E-state index in [9.17, 15) is 14.4 Å². The molecule has 0 unspecified atom stereocenters. The molecule has 2 aromatic rings. The van der Waals surface area contributed by atoms with Gasteiger partial charge in [0.25, 0.3) is 5.91 Å². The number of ether oxygens (including phenoxy) is 1. The number of hydrogen-bond acceptors (Lipinski definition) is 5. The monoisotopic (exact) mass is 483 g/mol. The fraction of sp³-hybridized carbons (Fsp3) is 0.500. The maximum Gasteiger partial charge on any atom is 0.261 e. The van der Waals surface area contributed by atoms with Crippen LogP contribution in [-0.4, -0.2) is 54.5 Å². The summed E-state index contributed by atoms with van der Waals surface area (Å²) in [6, 6.07) is 12.3. The molecular weight excluding hydrogens is 450 g/mol. The second kappa shape index (κ2) is 12.1. The highest BCUT2D eigenvalue weighted by molar-refractivity contribution is 7.12. The van der Waals surface area contributed by atoms with Gasteiger partial charge < -0.3 is 20.3 Å². The van der Waals surface area contributed by atoms with E-state index in [-0.39, 0.29) is 36.4 Å². The van der Waals surface area contributed by atoms with Crippen molar-refractivity contribution in [1.82, 2.24) is 15.5 Å². The molecule has 0 bridgehead atoms. The van der Waals surface area contributed by atoms with Crippen molar-refractivity contribution in [2.45, 2.75) is 63.1 Å². The molecule has 1 aromatic heterocycles. The van der Waals surface area contributed by atoms with Crippen molar-refractivity contribution in [3.05, 3.63) is 58.3 Å². The minimum absolute atomic E-state index is 0.120. The van der Waals surface area contributed by atoms with E-state index in [2.05, 4.69) is 10.6 Å². The molecule has 7 nitrogen and oxygen atoms in total. The Hall–Kier alpha value is -2.71. The minimum atomic E-state index is -0.779. The molecule has 2 atom stereocenters. The lowest BCUT2D eigenvalue weighted by Crippen LogP contribution is -2.51. The molecule has 34 heavy (non-hydrogen) atoms. The van der Waals surface area contributed by atoms with E-state index in [0.29, 0.717) is 18.0 Å². The second-order valence-corrected chi connectivity index (χ2v) is 9.95. The van der Waals surface area contributed by atoms with Gasteiger partial charge in [0, 0.05) is 19.2 Å². The summed E-state index contributed by atoms with van der Waals surface area (Å²) in [7, 11) is 0. The molecule has 0 spiro atoms. The number of nitrogens with zero attached hydrogens (tertiary/aromatic N) is 1. The zero-order valence-corrected chi connectivity index (χ0v) is 20.2. The number of carbonyl (C=O) groups is 3. The van der Waals surface area contributed by atoms with Crippen molar-refractivity contribution < 1.29 is 19.1 Å². The standard InChI is InChI=1S/C26H33N3O4S/c30-23(17-27-25(31)22-14-8-16-34-22)29(18-21-13-7-15-33-21)24(19-9-3-1-4-10-19)26(32)28-20-11-5-2-6-12-20/h1,3-4,8-10,14,16,20-21,24H,2,5-7,11-13,15,17-18H2,(H,27,31)(H,28,32)/t21-,24+/m0/s1. The molecule has 1 aromatic carbocycles. The Bertz CT molecular complexity index is 938. The van der Waals surface area contributed by atoms with Crippen LogP contribution in [0.25, 0.3) is 0 Å². The average Bonchev–Trinajstić information content (AvgIpc) is 3.58. The summed E-state index contributed by atoms with van der Waals surface area (Å²) in [5, 5.41) is 7.75. The van der Waals surface area contributed by atoms with Crippen LogP contribution in [0, 0.1) is 0 Å². The van der Waals surface area contributed by atoms with Crippen molar-refractivity contribution in [3.8, 4) is 0 Å². The van der Waals surface area contributed by atoms with Crippen molar-refractivity contribution in [3.63, 3.8) is 0 Å². The van der Waals surface area contributed by atoms with E-state index < -0.39 is 6.04 Å². The van der Waals surface area contributed by atoms with Crippen LogP contribution in [0.4, 0.5) is 0 Å². The lowest BCUT2D eigenvalue weighted by Gasteiger charge is -2.34. The average molecular weight is 484 g/mol. The molecule has 3 amide bonds. The van der Waals surface area contributed by atoms with Gasteiger partial charge in [0.1, 0.15) is 6.04 Å². The minimum Gasteiger partial charge on any atom is -0.376 e. The normalized spacial score (nSPS) is 19.4. The first-order valence-corrected chi connectivity index (χ1v) is 13.1. The number of carbonyl (C=O) groups excluding carboxylic acids is 3. The maximum atomic E-state index is 13.6. The van der Waals surface area contributed by atoms with Crippen molar-refractivity contribution >= 4 is 29.1 Å². The van der Waals surface area contributed by atoms with Gasteiger partial charge in [-0.15, -0.1) is 11.3 Å². The van der Waals surface area contributed by atoms with Crippen LogP contribution in [-0.2, 0) is 14.3 Å². The van der Waals surface area contributed by atoms with Gasteiger partial charge in [-0.05, 0) is 42.7 Å². The summed E-state index contributed by atoms with van der Waals surface area (Å²) in [5.74, 6) is -0.759. The van der Waals surface area contributed by atoms with E-state index in [1.165, 1.54) is 17.8 Å². The first kappa shape index (κ1) is 24.4. The summed E-state index contributed by atoms with van der Waals surface area (Å²) >= 11 is 1.32. The zero-order chi connectivity index (χ0) is 23.8. The number of benzene rings is 1. The Morgan fingerprint density at radius 2 is 1.79 bits per heavy atom. The molecule has 1 aliphatic carbocycles. The van der Waals surface area contributed by atoms with Crippen LogP contribution in [0.3, 0.4) is 0 Å².